The van der Waals surface area contributed by atoms with Crippen molar-refractivity contribution in [3.05, 3.63) is 42.0 Å². The molecule has 3 rings (SSSR count). The van der Waals surface area contributed by atoms with Crippen LogP contribution in [0.5, 0.6) is 0 Å². The van der Waals surface area contributed by atoms with Gasteiger partial charge in [-0.05, 0) is 25.5 Å². The Morgan fingerprint density at radius 1 is 1.12 bits per heavy atom. The summed E-state index contributed by atoms with van der Waals surface area (Å²) in [5, 5.41) is 2.92. The van der Waals surface area contributed by atoms with E-state index in [1.807, 2.05) is 31.3 Å². The molecule has 1 fully saturated rings. The van der Waals surface area contributed by atoms with Crippen LogP contribution in [0.25, 0.3) is 0 Å². The van der Waals surface area contributed by atoms with Crippen molar-refractivity contribution in [2.24, 2.45) is 0 Å². The second kappa shape index (κ2) is 8.60. The molecule has 0 atom stereocenters. The van der Waals surface area contributed by atoms with E-state index < -0.39 is 0 Å². The lowest BCUT2D eigenvalue weighted by Gasteiger charge is -2.36. The number of hydrogen-bond donors (Lipinski definition) is 1. The van der Waals surface area contributed by atoms with Crippen LogP contribution in [0.4, 0.5) is 11.6 Å². The molecule has 1 amide bonds. The number of piperazine rings is 1. The summed E-state index contributed by atoms with van der Waals surface area (Å²) in [6.45, 7) is 8.03. The van der Waals surface area contributed by atoms with Gasteiger partial charge in [0.05, 0.1) is 0 Å². The Bertz CT molecular complexity index is 728. The van der Waals surface area contributed by atoms with Gasteiger partial charge in [0.2, 0.25) is 0 Å². The van der Waals surface area contributed by atoms with Gasteiger partial charge >= 0.3 is 0 Å². The largest absolute Gasteiger partial charge is 0.353 e. The zero-order valence-corrected chi connectivity index (χ0v) is 15.5. The molecule has 26 heavy (non-hydrogen) atoms. The van der Waals surface area contributed by atoms with E-state index in [4.69, 9.17) is 0 Å². The fraction of sp³-hybridized carbons (Fsp3) is 0.474. The van der Waals surface area contributed by atoms with Gasteiger partial charge in [0.15, 0.2) is 0 Å². The fourth-order valence-corrected chi connectivity index (χ4v) is 3.00. The van der Waals surface area contributed by atoms with Crippen LogP contribution in [0.2, 0.25) is 0 Å². The molecule has 0 saturated carbocycles. The zero-order valence-electron chi connectivity index (χ0n) is 15.5. The van der Waals surface area contributed by atoms with Crippen molar-refractivity contribution in [2.45, 2.75) is 26.7 Å². The van der Waals surface area contributed by atoms with Gasteiger partial charge in [-0.3, -0.25) is 4.79 Å². The third-order valence-corrected chi connectivity index (χ3v) is 4.45. The number of carbonyl (C=O) groups excluding carboxylic acids is 1. The Morgan fingerprint density at radius 3 is 2.50 bits per heavy atom. The molecular formula is C19H26N6O. The highest BCUT2D eigenvalue weighted by molar-refractivity contribution is 5.92. The topological polar surface area (TPSA) is 74.2 Å². The second-order valence-electron chi connectivity index (χ2n) is 6.43. The van der Waals surface area contributed by atoms with Crippen molar-refractivity contribution in [3.63, 3.8) is 0 Å². The standard InChI is InChI=1S/C19H26N6O/c1-3-4-8-21-19(26)16-14-18(23-15(2)22-16)25-12-10-24(11-13-25)17-7-5-6-9-20-17/h5-7,9,14H,3-4,8,10-13H2,1-2H3,(H,21,26). The van der Waals surface area contributed by atoms with E-state index in [1.54, 1.807) is 6.07 Å². The van der Waals surface area contributed by atoms with Gasteiger partial charge < -0.3 is 15.1 Å². The number of rotatable bonds is 6. The van der Waals surface area contributed by atoms with E-state index in [0.29, 0.717) is 18.1 Å². The minimum Gasteiger partial charge on any atom is -0.353 e. The number of nitrogens with one attached hydrogen (secondary N) is 1. The Morgan fingerprint density at radius 2 is 1.85 bits per heavy atom. The number of amides is 1. The molecule has 0 spiro atoms. The first-order valence-electron chi connectivity index (χ1n) is 9.22. The highest BCUT2D eigenvalue weighted by Gasteiger charge is 2.20. The Balaban J connectivity index is 1.65. The average Bonchev–Trinajstić information content (AvgIpc) is 2.68. The summed E-state index contributed by atoms with van der Waals surface area (Å²) in [6, 6.07) is 7.76. The van der Waals surface area contributed by atoms with E-state index in [1.165, 1.54) is 0 Å². The monoisotopic (exact) mass is 354 g/mol. The first-order valence-corrected chi connectivity index (χ1v) is 9.22. The van der Waals surface area contributed by atoms with Gasteiger partial charge in [0.25, 0.3) is 5.91 Å². The summed E-state index contributed by atoms with van der Waals surface area (Å²) in [7, 11) is 0. The van der Waals surface area contributed by atoms with Crippen molar-refractivity contribution in [3.8, 4) is 0 Å². The maximum Gasteiger partial charge on any atom is 0.270 e. The first kappa shape index (κ1) is 18.1. The highest BCUT2D eigenvalue weighted by atomic mass is 16.1. The van der Waals surface area contributed by atoms with E-state index >= 15 is 0 Å². The molecule has 1 N–H and O–H groups in total. The molecule has 3 heterocycles. The van der Waals surface area contributed by atoms with Gasteiger partial charge in [-0.1, -0.05) is 19.4 Å². The first-order chi connectivity index (χ1) is 12.7. The maximum atomic E-state index is 12.3. The van der Waals surface area contributed by atoms with Crippen LogP contribution in [-0.4, -0.2) is 53.6 Å². The van der Waals surface area contributed by atoms with Crippen LogP contribution in [0, 0.1) is 6.92 Å². The number of hydrogen-bond acceptors (Lipinski definition) is 6. The van der Waals surface area contributed by atoms with E-state index in [-0.39, 0.29) is 5.91 Å². The molecule has 0 radical (unpaired) electrons. The van der Waals surface area contributed by atoms with Crippen LogP contribution >= 0.6 is 0 Å². The molecule has 0 aromatic carbocycles. The molecule has 2 aromatic heterocycles. The van der Waals surface area contributed by atoms with Gasteiger partial charge in [0, 0.05) is 45.0 Å². The van der Waals surface area contributed by atoms with Gasteiger partial charge in [0.1, 0.15) is 23.2 Å². The Labute approximate surface area is 154 Å². The molecule has 1 saturated heterocycles. The molecule has 0 aliphatic carbocycles. The van der Waals surface area contributed by atoms with Crippen molar-refractivity contribution in [1.82, 2.24) is 20.3 Å². The van der Waals surface area contributed by atoms with Crippen LogP contribution in [0.15, 0.2) is 30.5 Å². The van der Waals surface area contributed by atoms with Crippen LogP contribution in [0.1, 0.15) is 36.1 Å². The molecule has 7 nitrogen and oxygen atoms in total. The minimum absolute atomic E-state index is 0.127. The Kier molecular flexibility index (Phi) is 5.99. The third-order valence-electron chi connectivity index (χ3n) is 4.45. The fourth-order valence-electron chi connectivity index (χ4n) is 3.00. The lowest BCUT2D eigenvalue weighted by atomic mass is 10.2. The molecule has 1 aliphatic rings. The average molecular weight is 354 g/mol. The van der Waals surface area contributed by atoms with Gasteiger partial charge in [-0.15, -0.1) is 0 Å². The van der Waals surface area contributed by atoms with Gasteiger partial charge in [-0.2, -0.15) is 0 Å². The molecule has 2 aromatic rings. The summed E-state index contributed by atoms with van der Waals surface area (Å²) in [5.41, 5.74) is 0.441. The molecule has 138 valence electrons. The lowest BCUT2D eigenvalue weighted by Crippen LogP contribution is -2.47. The zero-order chi connectivity index (χ0) is 18.4. The van der Waals surface area contributed by atoms with Crippen LogP contribution < -0.4 is 15.1 Å². The predicted molar refractivity (Wildman–Crippen MR) is 103 cm³/mol. The number of aryl methyl sites for hydroxylation is 1. The smallest absolute Gasteiger partial charge is 0.270 e. The molecule has 0 bridgehead atoms. The Hall–Kier alpha value is -2.70. The van der Waals surface area contributed by atoms with E-state index in [2.05, 4.69) is 37.0 Å². The molecule has 1 aliphatic heterocycles. The van der Waals surface area contributed by atoms with Gasteiger partial charge in [-0.25, -0.2) is 15.0 Å². The summed E-state index contributed by atoms with van der Waals surface area (Å²) in [5.74, 6) is 2.31. The minimum atomic E-state index is -0.127. The van der Waals surface area contributed by atoms with Crippen LogP contribution in [-0.2, 0) is 0 Å². The van der Waals surface area contributed by atoms with Crippen molar-refractivity contribution in [1.29, 1.82) is 0 Å². The quantitative estimate of drug-likeness (QED) is 0.800. The summed E-state index contributed by atoms with van der Waals surface area (Å²) >= 11 is 0. The summed E-state index contributed by atoms with van der Waals surface area (Å²) < 4.78 is 0. The maximum absolute atomic E-state index is 12.3. The molecule has 7 heteroatoms. The highest BCUT2D eigenvalue weighted by Crippen LogP contribution is 2.18. The summed E-state index contributed by atoms with van der Waals surface area (Å²) in [4.78, 5) is 30.0. The SMILES string of the molecule is CCCCNC(=O)c1cc(N2CCN(c3ccccn3)CC2)nc(C)n1. The molecule has 0 unspecified atom stereocenters. The predicted octanol–water partition coefficient (Wildman–Crippen LogP) is 2.04. The second-order valence-corrected chi connectivity index (χ2v) is 6.43. The van der Waals surface area contributed by atoms with Crippen molar-refractivity contribution >= 4 is 17.5 Å². The summed E-state index contributed by atoms with van der Waals surface area (Å²) in [6.07, 6.45) is 3.84. The molecular weight excluding hydrogens is 328 g/mol. The van der Waals surface area contributed by atoms with Crippen LogP contribution in [0.3, 0.4) is 0 Å². The normalized spacial score (nSPS) is 14.4. The third kappa shape index (κ3) is 4.47. The van der Waals surface area contributed by atoms with Crippen molar-refractivity contribution in [2.75, 3.05) is 42.5 Å². The van der Waals surface area contributed by atoms with E-state index in [9.17, 15) is 4.79 Å². The number of carbonyl (C=O) groups is 1. The number of aromatic nitrogens is 3. The lowest BCUT2D eigenvalue weighted by molar-refractivity contribution is 0.0948. The number of nitrogens with zero attached hydrogens (tertiary/aromatic N) is 5. The number of unbranched alkanes of at least 4 members (excludes halogenated alkanes) is 1. The number of pyridine rings is 1. The number of anilines is 2. The van der Waals surface area contributed by atoms with E-state index in [0.717, 1.165) is 50.7 Å². The van der Waals surface area contributed by atoms with Crippen molar-refractivity contribution < 1.29 is 4.79 Å².